The lowest BCUT2D eigenvalue weighted by atomic mass is 9.74. The number of nitrogens with one attached hydrogen (secondary N) is 1. The molecule has 0 spiro atoms. The van der Waals surface area contributed by atoms with Gasteiger partial charge < -0.3 is 10.2 Å². The molecule has 0 bridgehead atoms. The van der Waals surface area contributed by atoms with Gasteiger partial charge in [0, 0.05) is 30.9 Å². The van der Waals surface area contributed by atoms with Crippen LogP contribution in [0.15, 0.2) is 18.2 Å². The third-order valence-corrected chi connectivity index (χ3v) is 5.68. The molecule has 3 nitrogen and oxygen atoms in total. The van der Waals surface area contributed by atoms with Crippen LogP contribution >= 0.6 is 0 Å². The summed E-state index contributed by atoms with van der Waals surface area (Å²) in [5.41, 5.74) is 3.79. The fraction of sp³-hybridized carbons (Fsp3) is 0.611. The van der Waals surface area contributed by atoms with Crippen molar-refractivity contribution >= 4 is 11.6 Å². The van der Waals surface area contributed by atoms with Gasteiger partial charge in [-0.05, 0) is 42.4 Å². The van der Waals surface area contributed by atoms with Gasteiger partial charge >= 0.3 is 0 Å². The molecule has 2 aliphatic heterocycles. The molecule has 2 aliphatic rings. The maximum Gasteiger partial charge on any atom is 0.253 e. The van der Waals surface area contributed by atoms with Crippen molar-refractivity contribution in [2.75, 3.05) is 25.0 Å². The topological polar surface area (TPSA) is 32.3 Å². The maximum atomic E-state index is 12.7. The zero-order valence-corrected chi connectivity index (χ0v) is 13.2. The number of benzene rings is 1. The number of carbonyl (C=O) groups is 1. The molecule has 0 unspecified atom stereocenters. The Hall–Kier alpha value is -1.51. The standard InChI is InChI=1S/C18H26N2O/c1-3-18(4-2)8-11-20(12-9-18)17(21)15-6-5-14-7-10-19-16(14)13-15/h5-6,13,19H,3-4,7-12H2,1-2H3. The third-order valence-electron chi connectivity index (χ3n) is 5.68. The number of hydrogen-bond acceptors (Lipinski definition) is 2. The van der Waals surface area contributed by atoms with Crippen LogP contribution in [0.4, 0.5) is 5.69 Å². The number of amides is 1. The summed E-state index contributed by atoms with van der Waals surface area (Å²) in [6.45, 7) is 7.38. The molecule has 2 heterocycles. The Balaban J connectivity index is 1.69. The van der Waals surface area contributed by atoms with Crippen LogP contribution in [0.25, 0.3) is 0 Å². The van der Waals surface area contributed by atoms with Gasteiger partial charge in [0.1, 0.15) is 0 Å². The average Bonchev–Trinajstić information content (AvgIpc) is 3.02. The van der Waals surface area contributed by atoms with Crippen molar-refractivity contribution in [2.45, 2.75) is 46.0 Å². The minimum absolute atomic E-state index is 0.201. The fourth-order valence-electron chi connectivity index (χ4n) is 3.75. The van der Waals surface area contributed by atoms with E-state index in [1.54, 1.807) is 0 Å². The van der Waals surface area contributed by atoms with E-state index in [4.69, 9.17) is 0 Å². The van der Waals surface area contributed by atoms with Crippen molar-refractivity contribution < 1.29 is 4.79 Å². The Morgan fingerprint density at radius 1 is 1.24 bits per heavy atom. The van der Waals surface area contributed by atoms with Gasteiger partial charge in [0.05, 0.1) is 0 Å². The highest BCUT2D eigenvalue weighted by Crippen LogP contribution is 2.38. The molecule has 0 radical (unpaired) electrons. The molecular formula is C18H26N2O. The van der Waals surface area contributed by atoms with Crippen molar-refractivity contribution in [3.05, 3.63) is 29.3 Å². The molecule has 1 fully saturated rings. The molecule has 21 heavy (non-hydrogen) atoms. The van der Waals surface area contributed by atoms with Crippen LogP contribution in [0.5, 0.6) is 0 Å². The smallest absolute Gasteiger partial charge is 0.253 e. The van der Waals surface area contributed by atoms with Gasteiger partial charge in [-0.3, -0.25) is 4.79 Å². The summed E-state index contributed by atoms with van der Waals surface area (Å²) in [5, 5.41) is 3.36. The van der Waals surface area contributed by atoms with Gasteiger partial charge in [0.25, 0.3) is 5.91 Å². The highest BCUT2D eigenvalue weighted by atomic mass is 16.2. The van der Waals surface area contributed by atoms with Crippen molar-refractivity contribution in [1.82, 2.24) is 4.90 Å². The van der Waals surface area contributed by atoms with Crippen molar-refractivity contribution in [2.24, 2.45) is 5.41 Å². The summed E-state index contributed by atoms with van der Waals surface area (Å²) < 4.78 is 0. The van der Waals surface area contributed by atoms with E-state index in [9.17, 15) is 4.79 Å². The summed E-state index contributed by atoms with van der Waals surface area (Å²) >= 11 is 0. The number of fused-ring (bicyclic) bond motifs is 1. The predicted molar refractivity (Wildman–Crippen MR) is 86.8 cm³/mol. The third kappa shape index (κ3) is 2.66. The Bertz CT molecular complexity index is 524. The first-order chi connectivity index (χ1) is 10.2. The first-order valence-electron chi connectivity index (χ1n) is 8.33. The Kier molecular flexibility index (Phi) is 3.92. The summed E-state index contributed by atoms with van der Waals surface area (Å²) in [4.78, 5) is 14.7. The van der Waals surface area contributed by atoms with E-state index in [-0.39, 0.29) is 5.91 Å². The minimum atomic E-state index is 0.201. The number of carbonyl (C=O) groups excluding carboxylic acids is 1. The van der Waals surface area contributed by atoms with E-state index >= 15 is 0 Å². The Morgan fingerprint density at radius 3 is 2.62 bits per heavy atom. The van der Waals surface area contributed by atoms with Crippen molar-refractivity contribution in [3.63, 3.8) is 0 Å². The maximum absolute atomic E-state index is 12.7. The van der Waals surface area contributed by atoms with Gasteiger partial charge in [0.15, 0.2) is 0 Å². The van der Waals surface area contributed by atoms with Gasteiger partial charge in [-0.1, -0.05) is 32.8 Å². The number of anilines is 1. The van der Waals surface area contributed by atoms with Crippen molar-refractivity contribution in [1.29, 1.82) is 0 Å². The van der Waals surface area contributed by atoms with Gasteiger partial charge in [-0.15, -0.1) is 0 Å². The number of nitrogens with zero attached hydrogens (tertiary/aromatic N) is 1. The fourth-order valence-corrected chi connectivity index (χ4v) is 3.75. The number of hydrogen-bond donors (Lipinski definition) is 1. The lowest BCUT2D eigenvalue weighted by Gasteiger charge is -2.41. The molecule has 0 aliphatic carbocycles. The molecule has 0 atom stereocenters. The average molecular weight is 286 g/mol. The van der Waals surface area contributed by atoms with E-state index in [2.05, 4.69) is 25.2 Å². The first-order valence-corrected chi connectivity index (χ1v) is 8.33. The van der Waals surface area contributed by atoms with E-state index < -0.39 is 0 Å². The number of likely N-dealkylation sites (tertiary alicyclic amines) is 1. The molecule has 1 aromatic rings. The monoisotopic (exact) mass is 286 g/mol. The quantitative estimate of drug-likeness (QED) is 0.919. The summed E-state index contributed by atoms with van der Waals surface area (Å²) in [5.74, 6) is 0.201. The lowest BCUT2D eigenvalue weighted by molar-refractivity contribution is 0.0558. The number of rotatable bonds is 3. The zero-order chi connectivity index (χ0) is 14.9. The van der Waals surface area contributed by atoms with Crippen molar-refractivity contribution in [3.8, 4) is 0 Å². The van der Waals surface area contributed by atoms with Crippen LogP contribution < -0.4 is 5.32 Å². The van der Waals surface area contributed by atoms with E-state index in [1.165, 1.54) is 18.4 Å². The van der Waals surface area contributed by atoms with Crippen LogP contribution in [-0.4, -0.2) is 30.4 Å². The van der Waals surface area contributed by atoms with E-state index in [0.29, 0.717) is 5.41 Å². The van der Waals surface area contributed by atoms with Crippen LogP contribution in [0.2, 0.25) is 0 Å². The van der Waals surface area contributed by atoms with Gasteiger partial charge in [-0.2, -0.15) is 0 Å². The van der Waals surface area contributed by atoms with Gasteiger partial charge in [0.2, 0.25) is 0 Å². The molecule has 3 heteroatoms. The molecule has 1 saturated heterocycles. The zero-order valence-electron chi connectivity index (χ0n) is 13.2. The second-order valence-corrected chi connectivity index (χ2v) is 6.55. The van der Waals surface area contributed by atoms with E-state index in [0.717, 1.165) is 50.1 Å². The predicted octanol–water partition coefficient (Wildman–Crippen LogP) is 3.70. The minimum Gasteiger partial charge on any atom is -0.384 e. The van der Waals surface area contributed by atoms with E-state index in [1.807, 2.05) is 17.0 Å². The first kappa shape index (κ1) is 14.4. The van der Waals surface area contributed by atoms with Crippen LogP contribution in [0.3, 0.4) is 0 Å². The molecule has 1 amide bonds. The molecular weight excluding hydrogens is 260 g/mol. The molecule has 114 valence electrons. The normalized spacial score (nSPS) is 20.0. The SMILES string of the molecule is CCC1(CC)CCN(C(=O)c2ccc3c(c2)NCC3)CC1. The summed E-state index contributed by atoms with van der Waals surface area (Å²) in [7, 11) is 0. The highest BCUT2D eigenvalue weighted by Gasteiger charge is 2.33. The molecule has 0 aromatic heterocycles. The molecule has 0 saturated carbocycles. The Labute approximate surface area is 127 Å². The number of piperidine rings is 1. The second kappa shape index (κ2) is 5.70. The molecule has 1 N–H and O–H groups in total. The molecule has 3 rings (SSSR count). The summed E-state index contributed by atoms with van der Waals surface area (Å²) in [6.07, 6.45) is 5.83. The van der Waals surface area contributed by atoms with Crippen LogP contribution in [0.1, 0.15) is 55.5 Å². The summed E-state index contributed by atoms with van der Waals surface area (Å²) in [6, 6.07) is 6.14. The van der Waals surface area contributed by atoms with Gasteiger partial charge in [-0.25, -0.2) is 0 Å². The van der Waals surface area contributed by atoms with Crippen LogP contribution in [0, 0.1) is 5.41 Å². The van der Waals surface area contributed by atoms with Crippen LogP contribution in [-0.2, 0) is 6.42 Å². The highest BCUT2D eigenvalue weighted by molar-refractivity contribution is 5.95. The molecule has 1 aromatic carbocycles. The largest absolute Gasteiger partial charge is 0.384 e. The lowest BCUT2D eigenvalue weighted by Crippen LogP contribution is -2.42. The second-order valence-electron chi connectivity index (χ2n) is 6.55. The Morgan fingerprint density at radius 2 is 1.95 bits per heavy atom.